The molecule has 0 unspecified atom stereocenters. The molecule has 3 aliphatic heterocycles. The highest BCUT2D eigenvalue weighted by Crippen LogP contribution is 2.57. The van der Waals surface area contributed by atoms with Crippen LogP contribution in [0.3, 0.4) is 0 Å². The number of hydrogen-bond donors (Lipinski definition) is 0. The molecular formula is C33H37N3O8S. The van der Waals surface area contributed by atoms with E-state index in [-0.39, 0.29) is 45.1 Å². The number of allylic oxidation sites excluding steroid dienone is 1. The second kappa shape index (κ2) is 11.5. The summed E-state index contributed by atoms with van der Waals surface area (Å²) in [6.07, 6.45) is 1.39. The zero-order valence-corrected chi connectivity index (χ0v) is 27.0. The van der Waals surface area contributed by atoms with Gasteiger partial charge in [0.1, 0.15) is 12.0 Å². The van der Waals surface area contributed by atoms with Crippen molar-refractivity contribution >= 4 is 40.7 Å². The molecule has 45 heavy (non-hydrogen) atoms. The number of para-hydroxylation sites is 1. The molecule has 1 aliphatic carbocycles. The number of Topliss-reactive ketones (excluding diaryl/α,β-unsaturated/α-hetero) is 1. The summed E-state index contributed by atoms with van der Waals surface area (Å²) < 4.78 is 10.8. The lowest BCUT2D eigenvalue weighted by molar-refractivity contribution is -0.385. The molecule has 2 saturated heterocycles. The molecule has 4 aliphatic rings. The van der Waals surface area contributed by atoms with E-state index in [2.05, 4.69) is 20.8 Å². The number of methoxy groups -OCH3 is 2. The van der Waals surface area contributed by atoms with Crippen LogP contribution in [0.5, 0.6) is 11.5 Å². The lowest BCUT2D eigenvalue weighted by atomic mass is 9.68. The Labute approximate surface area is 266 Å². The number of thioether (sulfide) groups is 1. The minimum Gasteiger partial charge on any atom is -0.493 e. The number of carbonyl (C=O) groups excluding carboxylic acids is 3. The van der Waals surface area contributed by atoms with Crippen molar-refractivity contribution in [2.75, 3.05) is 19.3 Å². The molecule has 0 spiro atoms. The molecule has 3 heterocycles. The summed E-state index contributed by atoms with van der Waals surface area (Å²) in [6, 6.07) is 10.5. The Morgan fingerprint density at radius 2 is 1.71 bits per heavy atom. The van der Waals surface area contributed by atoms with Crippen LogP contribution in [0.25, 0.3) is 0 Å². The van der Waals surface area contributed by atoms with Gasteiger partial charge in [-0.05, 0) is 55.7 Å². The van der Waals surface area contributed by atoms with Crippen molar-refractivity contribution in [3.63, 3.8) is 0 Å². The molecule has 1 saturated carbocycles. The second-order valence-corrected chi connectivity index (χ2v) is 14.3. The maximum atomic E-state index is 14.5. The third-order valence-electron chi connectivity index (χ3n) is 9.64. The molecule has 0 aromatic heterocycles. The van der Waals surface area contributed by atoms with Crippen LogP contribution in [0.1, 0.15) is 58.6 Å². The van der Waals surface area contributed by atoms with Crippen LogP contribution in [0, 0.1) is 33.3 Å². The first kappa shape index (κ1) is 31.1. The van der Waals surface area contributed by atoms with E-state index in [0.717, 1.165) is 24.2 Å². The number of imide groups is 1. The molecule has 0 radical (unpaired) electrons. The molecule has 6 atom stereocenters. The molecule has 2 amide bonds. The highest BCUT2D eigenvalue weighted by atomic mass is 32.2. The number of carbonyl (C=O) groups is 3. The smallest absolute Gasteiger partial charge is 0.278 e. The zero-order valence-electron chi connectivity index (χ0n) is 26.1. The third-order valence-corrected chi connectivity index (χ3v) is 11.1. The Balaban J connectivity index is 1.45. The normalized spacial score (nSPS) is 28.0. The topological polar surface area (TPSA) is 129 Å². The molecule has 2 aromatic rings. The number of anilines is 1. The quantitative estimate of drug-likeness (QED) is 0.208. The van der Waals surface area contributed by atoms with Gasteiger partial charge in [0.15, 0.2) is 23.4 Å². The highest BCUT2D eigenvalue weighted by molar-refractivity contribution is 8.04. The molecule has 6 rings (SSSR count). The first-order valence-corrected chi connectivity index (χ1v) is 16.0. The van der Waals surface area contributed by atoms with Crippen molar-refractivity contribution in [3.8, 4) is 11.5 Å². The van der Waals surface area contributed by atoms with E-state index < -0.39 is 34.8 Å². The number of hydroxylamine groups is 1. The number of nitrogens with zero attached hydrogens (tertiary/aromatic N) is 3. The standard InChI is InChI=1S/C33H37N3O8S/c1-17(37)26-20-13-12-18(33(2,3)4)14-25(20)45-32(26)34-30(38)27-28(21-15-23(42-5)24(43-6)16-22(21)36(40)41)35(44-29(27)31(34)39)19-10-8-7-9-11-19/h7-11,15-16,18,20,25,27-29H,12-14H2,1-6H3/t18-,20+,25+,27+,28-,29-/m0/s1. The molecule has 0 bridgehead atoms. The van der Waals surface area contributed by atoms with Crippen LogP contribution >= 0.6 is 11.8 Å². The molecule has 238 valence electrons. The summed E-state index contributed by atoms with van der Waals surface area (Å²) in [6.45, 7) is 8.14. The van der Waals surface area contributed by atoms with Crippen LogP contribution in [0.15, 0.2) is 53.1 Å². The summed E-state index contributed by atoms with van der Waals surface area (Å²) >= 11 is 1.44. The van der Waals surface area contributed by atoms with Crippen LogP contribution in [0.4, 0.5) is 11.4 Å². The van der Waals surface area contributed by atoms with Gasteiger partial charge in [0.2, 0.25) is 5.91 Å². The van der Waals surface area contributed by atoms with Crippen molar-refractivity contribution in [1.29, 1.82) is 0 Å². The van der Waals surface area contributed by atoms with Crippen LogP contribution in [-0.2, 0) is 19.2 Å². The van der Waals surface area contributed by atoms with Crippen molar-refractivity contribution < 1.29 is 33.6 Å². The number of fused-ring (bicyclic) bond motifs is 2. The summed E-state index contributed by atoms with van der Waals surface area (Å²) in [5.41, 5.74) is 0.967. The van der Waals surface area contributed by atoms with Crippen molar-refractivity contribution in [1.82, 2.24) is 4.90 Å². The van der Waals surface area contributed by atoms with Crippen LogP contribution in [0.2, 0.25) is 0 Å². The molecular weight excluding hydrogens is 598 g/mol. The fourth-order valence-corrected chi connectivity index (χ4v) is 9.09. The van der Waals surface area contributed by atoms with E-state index in [1.807, 2.05) is 6.07 Å². The van der Waals surface area contributed by atoms with Gasteiger partial charge in [0.05, 0.1) is 41.5 Å². The van der Waals surface area contributed by atoms with Crippen molar-refractivity contribution in [2.24, 2.45) is 23.2 Å². The summed E-state index contributed by atoms with van der Waals surface area (Å²) in [4.78, 5) is 61.1. The number of nitro benzene ring substituents is 1. The van der Waals surface area contributed by atoms with Crippen molar-refractivity contribution in [2.45, 2.75) is 64.4 Å². The third kappa shape index (κ3) is 5.07. The van der Waals surface area contributed by atoms with Gasteiger partial charge in [-0.15, -0.1) is 11.8 Å². The SMILES string of the molecule is COc1cc([C@H]2[C@H]3C(=O)N(C4=C(C(C)=O)[C@@H]5CC[C@H](C(C)(C)C)C[C@H]5S4)C(=O)[C@H]3ON2c2ccccc2)c([N+](=O)[O-])cc1OC. The lowest BCUT2D eigenvalue weighted by Crippen LogP contribution is -2.37. The Hall–Kier alpha value is -3.90. The van der Waals surface area contributed by atoms with E-state index in [1.165, 1.54) is 50.1 Å². The maximum absolute atomic E-state index is 14.5. The van der Waals surface area contributed by atoms with E-state index in [0.29, 0.717) is 22.2 Å². The molecule has 12 heteroatoms. The van der Waals surface area contributed by atoms with Gasteiger partial charge < -0.3 is 9.47 Å². The molecule has 3 fully saturated rings. The number of amides is 2. The number of rotatable bonds is 7. The number of ether oxygens (including phenoxy) is 2. The largest absolute Gasteiger partial charge is 0.493 e. The van der Waals surface area contributed by atoms with E-state index in [4.69, 9.17) is 14.3 Å². The molecule has 11 nitrogen and oxygen atoms in total. The summed E-state index contributed by atoms with van der Waals surface area (Å²) in [5.74, 6) is -1.63. The lowest BCUT2D eigenvalue weighted by Gasteiger charge is -2.39. The average molecular weight is 636 g/mol. The van der Waals surface area contributed by atoms with Crippen LogP contribution in [-0.4, -0.2) is 53.0 Å². The van der Waals surface area contributed by atoms with Gasteiger partial charge in [-0.25, -0.2) is 9.96 Å². The van der Waals surface area contributed by atoms with E-state index in [9.17, 15) is 24.5 Å². The highest BCUT2D eigenvalue weighted by Gasteiger charge is 2.63. The van der Waals surface area contributed by atoms with E-state index >= 15 is 0 Å². The Bertz CT molecular complexity index is 1600. The van der Waals surface area contributed by atoms with Crippen LogP contribution < -0.4 is 14.5 Å². The maximum Gasteiger partial charge on any atom is 0.278 e. The average Bonchev–Trinajstić information content (AvgIpc) is 3.65. The monoisotopic (exact) mass is 635 g/mol. The number of hydrogen-bond acceptors (Lipinski definition) is 10. The zero-order chi connectivity index (χ0) is 32.4. The second-order valence-electron chi connectivity index (χ2n) is 13.1. The van der Waals surface area contributed by atoms with Gasteiger partial charge in [0, 0.05) is 16.7 Å². The van der Waals surface area contributed by atoms with E-state index in [1.54, 1.807) is 24.3 Å². The predicted molar refractivity (Wildman–Crippen MR) is 167 cm³/mol. The first-order valence-electron chi connectivity index (χ1n) is 15.1. The minimum atomic E-state index is -1.25. The fraction of sp³-hybridized carbons (Fsp3) is 0.485. The number of benzene rings is 2. The molecule has 2 aromatic carbocycles. The Morgan fingerprint density at radius 1 is 1.04 bits per heavy atom. The van der Waals surface area contributed by atoms with Crippen molar-refractivity contribution in [3.05, 3.63) is 68.7 Å². The van der Waals surface area contributed by atoms with Gasteiger partial charge in [-0.2, -0.15) is 0 Å². The first-order chi connectivity index (χ1) is 21.4. The van der Waals surface area contributed by atoms with Gasteiger partial charge in [-0.3, -0.25) is 29.3 Å². The van der Waals surface area contributed by atoms with Gasteiger partial charge in [-0.1, -0.05) is 39.0 Å². The summed E-state index contributed by atoms with van der Waals surface area (Å²) in [5, 5.41) is 14.3. The minimum absolute atomic E-state index is 0.0494. The fourth-order valence-electron chi connectivity index (χ4n) is 7.33. The van der Waals surface area contributed by atoms with Gasteiger partial charge in [0.25, 0.3) is 11.6 Å². The summed E-state index contributed by atoms with van der Waals surface area (Å²) in [7, 11) is 2.79. The number of nitro groups is 1. The Morgan fingerprint density at radius 3 is 2.31 bits per heavy atom. The Kier molecular flexibility index (Phi) is 7.93. The number of ketones is 1. The predicted octanol–water partition coefficient (Wildman–Crippen LogP) is 5.84. The molecule has 0 N–H and O–H groups in total. The van der Waals surface area contributed by atoms with Gasteiger partial charge >= 0.3 is 0 Å². The number of likely N-dealkylation sites (tertiary alicyclic amines) is 1.